The van der Waals surface area contributed by atoms with Crippen LogP contribution in [0.25, 0.3) is 0 Å². The third kappa shape index (κ3) is 3.47. The fraction of sp³-hybridized carbons (Fsp3) is 0.500. The van der Waals surface area contributed by atoms with E-state index in [1.807, 2.05) is 0 Å². The highest BCUT2D eigenvalue weighted by Crippen LogP contribution is 2.12. The van der Waals surface area contributed by atoms with Gasteiger partial charge in [-0.3, -0.25) is 14.4 Å². The molecule has 1 heterocycles. The van der Waals surface area contributed by atoms with Crippen LogP contribution in [0.15, 0.2) is 0 Å². The van der Waals surface area contributed by atoms with Crippen LogP contribution in [0.4, 0.5) is 4.79 Å². The molecule has 0 aromatic rings. The molecule has 16 heavy (non-hydrogen) atoms. The fourth-order valence-electron chi connectivity index (χ4n) is 0.837. The molecule has 0 N–H and O–H groups in total. The Morgan fingerprint density at radius 3 is 2.19 bits per heavy atom. The minimum atomic E-state index is -3.99. The monoisotopic (exact) mass is 253 g/mol. The summed E-state index contributed by atoms with van der Waals surface area (Å²) >= 11 is 0. The molecule has 10 heteroatoms. The number of rotatable bonds is 3. The number of amides is 2. The van der Waals surface area contributed by atoms with Crippen molar-refractivity contribution in [3.05, 3.63) is 0 Å². The second kappa shape index (κ2) is 4.45. The maximum Gasteiger partial charge on any atom is 0.567 e. The van der Waals surface area contributed by atoms with E-state index in [1.165, 1.54) is 0 Å². The van der Waals surface area contributed by atoms with Crippen LogP contribution < -0.4 is 0 Å². The summed E-state index contributed by atoms with van der Waals surface area (Å²) in [5.41, 5.74) is 0. The molecule has 1 rings (SSSR count). The van der Waals surface area contributed by atoms with Gasteiger partial charge in [0.2, 0.25) is 0 Å². The molecule has 0 aliphatic carbocycles. The summed E-state index contributed by atoms with van der Waals surface area (Å²) in [6, 6.07) is 0. The third-order valence-corrected chi connectivity index (χ3v) is 1.71. The minimum absolute atomic E-state index is 0.0843. The van der Waals surface area contributed by atoms with E-state index in [0.29, 0.717) is 6.26 Å². The molecule has 1 saturated heterocycles. The van der Waals surface area contributed by atoms with Crippen LogP contribution in [0.1, 0.15) is 12.8 Å². The predicted molar refractivity (Wildman–Crippen MR) is 44.6 cm³/mol. The van der Waals surface area contributed by atoms with E-state index in [-0.39, 0.29) is 17.9 Å². The van der Waals surface area contributed by atoms with E-state index in [0.717, 1.165) is 0 Å². The first-order valence-electron chi connectivity index (χ1n) is 3.93. The highest BCUT2D eigenvalue weighted by Gasteiger charge is 2.33. The Balaban J connectivity index is 2.46. The molecule has 0 unspecified atom stereocenters. The van der Waals surface area contributed by atoms with Crippen molar-refractivity contribution in [2.45, 2.75) is 12.8 Å². The first-order valence-corrected chi connectivity index (χ1v) is 5.75. The number of carbonyl (C=O) groups is 3. The van der Waals surface area contributed by atoms with Crippen LogP contribution in [0.3, 0.4) is 0 Å². The second-order valence-electron chi connectivity index (χ2n) is 2.78. The Morgan fingerprint density at radius 1 is 1.25 bits per heavy atom. The summed E-state index contributed by atoms with van der Waals surface area (Å²) < 4.78 is 24.4. The van der Waals surface area contributed by atoms with Crippen LogP contribution in [-0.2, 0) is 33.8 Å². The van der Waals surface area contributed by atoms with E-state index >= 15 is 0 Å². The van der Waals surface area contributed by atoms with Crippen molar-refractivity contribution < 1.29 is 36.9 Å². The molecular formula is C6H7NO8S. The molecule has 9 nitrogen and oxygen atoms in total. The quantitative estimate of drug-likeness (QED) is 0.360. The van der Waals surface area contributed by atoms with Crippen molar-refractivity contribution in [1.29, 1.82) is 0 Å². The average molecular weight is 253 g/mol. The number of hydrogen-bond donors (Lipinski definition) is 0. The maximum atomic E-state index is 10.9. The van der Waals surface area contributed by atoms with Crippen LogP contribution >= 0.6 is 0 Å². The van der Waals surface area contributed by atoms with Gasteiger partial charge in [0.15, 0.2) is 0 Å². The lowest BCUT2D eigenvalue weighted by molar-refractivity contribution is -0.210. The van der Waals surface area contributed by atoms with Crippen molar-refractivity contribution in [3.63, 3.8) is 0 Å². The number of hydroxylamine groups is 2. The minimum Gasteiger partial charge on any atom is -0.293 e. The van der Waals surface area contributed by atoms with Gasteiger partial charge >= 0.3 is 6.16 Å². The van der Waals surface area contributed by atoms with Crippen LogP contribution in [0, 0.1) is 0 Å². The van der Waals surface area contributed by atoms with E-state index in [1.54, 1.807) is 0 Å². The number of hydrogen-bond acceptors (Lipinski definition) is 8. The van der Waals surface area contributed by atoms with Crippen LogP contribution in [0.5, 0.6) is 0 Å². The van der Waals surface area contributed by atoms with Crippen molar-refractivity contribution in [3.8, 4) is 0 Å². The van der Waals surface area contributed by atoms with Gasteiger partial charge in [-0.25, -0.2) is 4.89 Å². The average Bonchev–Trinajstić information content (AvgIpc) is 2.45. The van der Waals surface area contributed by atoms with Gasteiger partial charge in [-0.2, -0.15) is 13.2 Å². The van der Waals surface area contributed by atoms with E-state index in [9.17, 15) is 22.8 Å². The van der Waals surface area contributed by atoms with Crippen molar-refractivity contribution in [1.82, 2.24) is 5.06 Å². The largest absolute Gasteiger partial charge is 0.567 e. The molecule has 0 saturated carbocycles. The van der Waals surface area contributed by atoms with Crippen LogP contribution in [0.2, 0.25) is 0 Å². The molecule has 0 bridgehead atoms. The maximum absolute atomic E-state index is 10.9. The molecule has 1 aliphatic heterocycles. The SMILES string of the molecule is CS(=O)(=O)OOC(=O)ON1C(=O)CCC1=O. The topological polar surface area (TPSA) is 116 Å². The highest BCUT2D eigenvalue weighted by atomic mass is 32.2. The van der Waals surface area contributed by atoms with Gasteiger partial charge in [0, 0.05) is 12.8 Å². The first-order chi connectivity index (χ1) is 7.29. The van der Waals surface area contributed by atoms with Gasteiger partial charge in [0.1, 0.15) is 0 Å². The lowest BCUT2D eigenvalue weighted by Gasteiger charge is -2.10. The molecule has 0 radical (unpaired) electrons. The molecule has 2 amide bonds. The van der Waals surface area contributed by atoms with Gasteiger partial charge in [-0.1, -0.05) is 5.06 Å². The molecule has 0 aromatic heterocycles. The Hall–Kier alpha value is -1.68. The van der Waals surface area contributed by atoms with Gasteiger partial charge < -0.3 is 0 Å². The molecule has 0 spiro atoms. The van der Waals surface area contributed by atoms with Gasteiger partial charge in [0.25, 0.3) is 21.9 Å². The normalized spacial score (nSPS) is 16.4. The summed E-state index contributed by atoms with van der Waals surface area (Å²) in [6.45, 7) is 0. The zero-order valence-electron chi connectivity index (χ0n) is 8.04. The summed E-state index contributed by atoms with van der Waals surface area (Å²) in [4.78, 5) is 40.4. The van der Waals surface area contributed by atoms with Crippen molar-refractivity contribution in [2.24, 2.45) is 0 Å². The Kier molecular flexibility index (Phi) is 3.44. The molecule has 0 aromatic carbocycles. The summed E-state index contributed by atoms with van der Waals surface area (Å²) in [7, 11) is -3.99. The standard InChI is InChI=1S/C6H7NO8S/c1-16(11,12)15-14-6(10)13-7-4(8)2-3-5(7)9/h2-3H2,1H3. The Bertz CT molecular complexity index is 410. The predicted octanol–water partition coefficient (Wildman–Crippen LogP) is -0.905. The smallest absolute Gasteiger partial charge is 0.293 e. The zero-order valence-corrected chi connectivity index (χ0v) is 8.85. The van der Waals surface area contributed by atoms with E-state index in [2.05, 4.69) is 14.1 Å². The number of nitrogens with zero attached hydrogens (tertiary/aromatic N) is 1. The summed E-state index contributed by atoms with van der Waals surface area (Å²) in [6.07, 6.45) is -1.17. The van der Waals surface area contributed by atoms with Gasteiger partial charge in [-0.15, -0.1) is 0 Å². The zero-order chi connectivity index (χ0) is 12.3. The Labute approximate surface area is 89.9 Å². The second-order valence-corrected chi connectivity index (χ2v) is 4.32. The number of imide groups is 1. The summed E-state index contributed by atoms with van der Waals surface area (Å²) in [5, 5.41) is 0.188. The molecule has 90 valence electrons. The van der Waals surface area contributed by atoms with E-state index in [4.69, 9.17) is 0 Å². The van der Waals surface area contributed by atoms with Crippen LogP contribution in [-0.4, -0.2) is 37.7 Å². The van der Waals surface area contributed by atoms with E-state index < -0.39 is 28.1 Å². The van der Waals surface area contributed by atoms with Crippen molar-refractivity contribution in [2.75, 3.05) is 6.26 Å². The molecule has 0 atom stereocenters. The highest BCUT2D eigenvalue weighted by molar-refractivity contribution is 7.85. The first kappa shape index (κ1) is 12.4. The number of carbonyl (C=O) groups excluding carboxylic acids is 3. The Morgan fingerprint density at radius 2 is 1.75 bits per heavy atom. The lowest BCUT2D eigenvalue weighted by atomic mass is 10.4. The fourth-order valence-corrected chi connectivity index (χ4v) is 1.02. The summed E-state index contributed by atoms with van der Waals surface area (Å²) in [5.74, 6) is -1.44. The molecule has 1 fully saturated rings. The third-order valence-electron chi connectivity index (χ3n) is 1.40. The molecule has 1 aliphatic rings. The van der Waals surface area contributed by atoms with Gasteiger partial charge in [-0.05, 0) is 4.33 Å². The van der Waals surface area contributed by atoms with Crippen molar-refractivity contribution >= 4 is 28.1 Å². The van der Waals surface area contributed by atoms with Gasteiger partial charge in [0.05, 0.1) is 6.26 Å². The molecular weight excluding hydrogens is 246 g/mol. The lowest BCUT2D eigenvalue weighted by Crippen LogP contribution is -2.32.